The molecule has 0 saturated heterocycles. The molecule has 16 heavy (non-hydrogen) atoms. The molecule has 1 aliphatic rings. The van der Waals surface area contributed by atoms with Gasteiger partial charge in [-0.05, 0) is 43.1 Å². The molecule has 0 aliphatic carbocycles. The summed E-state index contributed by atoms with van der Waals surface area (Å²) in [6, 6.07) is 3.76. The van der Waals surface area contributed by atoms with Gasteiger partial charge in [-0.3, -0.25) is 0 Å². The van der Waals surface area contributed by atoms with Crippen LogP contribution in [0.1, 0.15) is 23.7 Å². The highest BCUT2D eigenvalue weighted by Gasteiger charge is 2.17. The number of benzene rings is 1. The Hall–Kier alpha value is -1.26. The molecule has 0 radical (unpaired) electrons. The van der Waals surface area contributed by atoms with E-state index in [9.17, 15) is 5.11 Å². The van der Waals surface area contributed by atoms with Crippen molar-refractivity contribution in [3.63, 3.8) is 0 Å². The summed E-state index contributed by atoms with van der Waals surface area (Å²) >= 11 is 0. The first-order valence-electron chi connectivity index (χ1n) is 5.50. The van der Waals surface area contributed by atoms with Crippen LogP contribution in [0.3, 0.4) is 0 Å². The molecule has 0 bridgehead atoms. The van der Waals surface area contributed by atoms with Crippen LogP contribution in [-0.4, -0.2) is 24.9 Å². The highest BCUT2D eigenvalue weighted by molar-refractivity contribution is 5.50. The summed E-state index contributed by atoms with van der Waals surface area (Å²) in [6.07, 6.45) is 0.0264. The Morgan fingerprint density at radius 2 is 2.12 bits per heavy atom. The van der Waals surface area contributed by atoms with Crippen molar-refractivity contribution in [2.45, 2.75) is 19.4 Å². The monoisotopic (exact) mass is 223 g/mol. The number of fused-ring (bicyclic) bond motifs is 1. The van der Waals surface area contributed by atoms with Crippen LogP contribution in [0.15, 0.2) is 12.1 Å². The lowest BCUT2D eigenvalue weighted by atomic mass is 10.0. The van der Waals surface area contributed by atoms with Crippen LogP contribution in [-0.2, 0) is 0 Å². The summed E-state index contributed by atoms with van der Waals surface area (Å²) in [4.78, 5) is 0. The van der Waals surface area contributed by atoms with Gasteiger partial charge in [-0.2, -0.15) is 0 Å². The molecule has 0 fully saturated rings. The van der Waals surface area contributed by atoms with E-state index in [1.54, 1.807) is 0 Å². The van der Waals surface area contributed by atoms with E-state index in [0.717, 1.165) is 22.6 Å². The minimum Gasteiger partial charge on any atom is -0.486 e. The molecule has 0 saturated carbocycles. The fraction of sp³-hybridized carbons (Fsp3) is 0.500. The first-order chi connectivity index (χ1) is 7.72. The highest BCUT2D eigenvalue weighted by Crippen LogP contribution is 2.36. The van der Waals surface area contributed by atoms with Gasteiger partial charge in [0.1, 0.15) is 13.2 Å². The second-order valence-electron chi connectivity index (χ2n) is 3.96. The molecule has 1 heterocycles. The molecule has 88 valence electrons. The lowest BCUT2D eigenvalue weighted by Gasteiger charge is -2.22. The van der Waals surface area contributed by atoms with E-state index < -0.39 is 6.10 Å². The van der Waals surface area contributed by atoms with Gasteiger partial charge < -0.3 is 20.3 Å². The Morgan fingerprint density at radius 1 is 1.38 bits per heavy atom. The van der Waals surface area contributed by atoms with Crippen molar-refractivity contribution in [2.24, 2.45) is 5.73 Å². The zero-order valence-electron chi connectivity index (χ0n) is 9.40. The molecule has 4 heteroatoms. The summed E-state index contributed by atoms with van der Waals surface area (Å²) in [7, 11) is 0. The van der Waals surface area contributed by atoms with Gasteiger partial charge in [-0.15, -0.1) is 0 Å². The van der Waals surface area contributed by atoms with Crippen molar-refractivity contribution in [1.82, 2.24) is 0 Å². The maximum absolute atomic E-state index is 9.87. The van der Waals surface area contributed by atoms with E-state index in [4.69, 9.17) is 15.2 Å². The standard InChI is InChI=1S/C12H17NO3/c1-8-6-9(10(14)2-3-13)7-11-12(8)16-5-4-15-11/h6-7,10,14H,2-5,13H2,1H3. The number of nitrogens with two attached hydrogens (primary N) is 1. The Morgan fingerprint density at radius 3 is 2.88 bits per heavy atom. The maximum atomic E-state index is 9.87. The lowest BCUT2D eigenvalue weighted by Crippen LogP contribution is -2.17. The van der Waals surface area contributed by atoms with Crippen LogP contribution in [0.2, 0.25) is 0 Å². The quantitative estimate of drug-likeness (QED) is 0.806. The van der Waals surface area contributed by atoms with Gasteiger partial charge in [-0.25, -0.2) is 0 Å². The average Bonchev–Trinajstić information content (AvgIpc) is 2.29. The maximum Gasteiger partial charge on any atom is 0.164 e. The van der Waals surface area contributed by atoms with E-state index in [1.807, 2.05) is 19.1 Å². The minimum atomic E-state index is -0.528. The number of aryl methyl sites for hydroxylation is 1. The number of aliphatic hydroxyl groups excluding tert-OH is 1. The lowest BCUT2D eigenvalue weighted by molar-refractivity contribution is 0.160. The molecule has 1 unspecified atom stereocenters. The topological polar surface area (TPSA) is 64.7 Å². The Balaban J connectivity index is 2.31. The van der Waals surface area contributed by atoms with Crippen molar-refractivity contribution >= 4 is 0 Å². The molecule has 1 atom stereocenters. The predicted molar refractivity (Wildman–Crippen MR) is 60.8 cm³/mol. The minimum absolute atomic E-state index is 0.467. The van der Waals surface area contributed by atoms with Crippen molar-refractivity contribution in [1.29, 1.82) is 0 Å². The molecule has 0 aromatic heterocycles. The largest absolute Gasteiger partial charge is 0.486 e. The van der Waals surface area contributed by atoms with Gasteiger partial charge in [0.2, 0.25) is 0 Å². The summed E-state index contributed by atoms with van der Waals surface area (Å²) in [5, 5.41) is 9.87. The van der Waals surface area contributed by atoms with Gasteiger partial charge in [-0.1, -0.05) is 0 Å². The van der Waals surface area contributed by atoms with Crippen molar-refractivity contribution < 1.29 is 14.6 Å². The molecule has 0 amide bonds. The van der Waals surface area contributed by atoms with E-state index in [-0.39, 0.29) is 0 Å². The summed E-state index contributed by atoms with van der Waals surface area (Å²) < 4.78 is 11.0. The predicted octanol–water partition coefficient (Wildman–Crippen LogP) is 1.15. The van der Waals surface area contributed by atoms with Crippen LogP contribution < -0.4 is 15.2 Å². The summed E-state index contributed by atoms with van der Waals surface area (Å²) in [6.45, 7) is 3.56. The highest BCUT2D eigenvalue weighted by atomic mass is 16.6. The molecule has 0 spiro atoms. The fourth-order valence-corrected chi connectivity index (χ4v) is 1.87. The summed E-state index contributed by atoms with van der Waals surface area (Å²) in [5.74, 6) is 1.51. The molecule has 3 N–H and O–H groups in total. The van der Waals surface area contributed by atoms with E-state index in [2.05, 4.69) is 0 Å². The number of rotatable bonds is 3. The van der Waals surface area contributed by atoms with Crippen LogP contribution in [0, 0.1) is 6.92 Å². The van der Waals surface area contributed by atoms with Crippen molar-refractivity contribution in [3.8, 4) is 11.5 Å². The van der Waals surface area contributed by atoms with Gasteiger partial charge in [0.05, 0.1) is 6.10 Å². The number of ether oxygens (including phenoxy) is 2. The van der Waals surface area contributed by atoms with Gasteiger partial charge in [0.25, 0.3) is 0 Å². The zero-order valence-corrected chi connectivity index (χ0v) is 9.40. The number of hydrogen-bond donors (Lipinski definition) is 2. The molecule has 2 rings (SSSR count). The third-order valence-corrected chi connectivity index (χ3v) is 2.68. The summed E-state index contributed by atoms with van der Waals surface area (Å²) in [5.41, 5.74) is 7.26. The number of hydrogen-bond acceptors (Lipinski definition) is 4. The third kappa shape index (κ3) is 2.13. The van der Waals surface area contributed by atoms with Crippen LogP contribution >= 0.6 is 0 Å². The second-order valence-corrected chi connectivity index (χ2v) is 3.96. The van der Waals surface area contributed by atoms with Gasteiger partial charge >= 0.3 is 0 Å². The Labute approximate surface area is 95.0 Å². The molecule has 4 nitrogen and oxygen atoms in total. The zero-order chi connectivity index (χ0) is 11.5. The van der Waals surface area contributed by atoms with E-state index in [0.29, 0.717) is 26.2 Å². The van der Waals surface area contributed by atoms with Crippen LogP contribution in [0.4, 0.5) is 0 Å². The second kappa shape index (κ2) is 4.72. The Bertz CT molecular complexity index is 379. The molecule has 1 aromatic rings. The van der Waals surface area contributed by atoms with Crippen LogP contribution in [0.25, 0.3) is 0 Å². The fourth-order valence-electron chi connectivity index (χ4n) is 1.87. The molecular weight excluding hydrogens is 206 g/mol. The Kier molecular flexibility index (Phi) is 3.31. The van der Waals surface area contributed by atoms with E-state index in [1.165, 1.54) is 0 Å². The van der Waals surface area contributed by atoms with Crippen molar-refractivity contribution in [3.05, 3.63) is 23.3 Å². The molecule has 1 aromatic carbocycles. The van der Waals surface area contributed by atoms with Gasteiger partial charge in [0.15, 0.2) is 11.5 Å². The van der Waals surface area contributed by atoms with E-state index >= 15 is 0 Å². The van der Waals surface area contributed by atoms with Crippen molar-refractivity contribution in [2.75, 3.05) is 19.8 Å². The normalized spacial score (nSPS) is 15.9. The third-order valence-electron chi connectivity index (χ3n) is 2.68. The van der Waals surface area contributed by atoms with Crippen LogP contribution in [0.5, 0.6) is 11.5 Å². The SMILES string of the molecule is Cc1cc(C(O)CCN)cc2c1OCCO2. The number of aliphatic hydroxyl groups is 1. The first-order valence-corrected chi connectivity index (χ1v) is 5.50. The molecular formula is C12H17NO3. The molecule has 1 aliphatic heterocycles. The van der Waals surface area contributed by atoms with Gasteiger partial charge in [0, 0.05) is 0 Å². The average molecular weight is 223 g/mol. The first kappa shape index (κ1) is 11.2. The smallest absolute Gasteiger partial charge is 0.164 e.